The minimum atomic E-state index is 0.362. The van der Waals surface area contributed by atoms with Crippen LogP contribution < -0.4 is 0 Å². The summed E-state index contributed by atoms with van der Waals surface area (Å²) in [5, 5.41) is 0. The average molecular weight is 234 g/mol. The summed E-state index contributed by atoms with van der Waals surface area (Å²) < 4.78 is 2.10. The first kappa shape index (κ1) is 12.3. The van der Waals surface area contributed by atoms with E-state index in [1.54, 1.807) is 6.20 Å². The molecule has 0 radical (unpaired) electrons. The third-order valence-electron chi connectivity index (χ3n) is 3.61. The van der Waals surface area contributed by atoms with Gasteiger partial charge in [0.05, 0.1) is 6.42 Å². The van der Waals surface area contributed by atoms with E-state index in [1.165, 1.54) is 25.7 Å². The molecule has 1 heterocycles. The summed E-state index contributed by atoms with van der Waals surface area (Å²) in [4.78, 5) is 16.3. The number of imidazole rings is 1. The van der Waals surface area contributed by atoms with Crippen molar-refractivity contribution in [3.05, 3.63) is 18.2 Å². The summed E-state index contributed by atoms with van der Waals surface area (Å²) in [6.45, 7) is 3.11. The molecule has 94 valence electrons. The Hall–Kier alpha value is -1.12. The van der Waals surface area contributed by atoms with Crippen molar-refractivity contribution < 1.29 is 4.79 Å². The van der Waals surface area contributed by atoms with Gasteiger partial charge in [-0.25, -0.2) is 4.98 Å². The molecule has 2 rings (SSSR count). The van der Waals surface area contributed by atoms with E-state index in [1.807, 2.05) is 6.20 Å². The van der Waals surface area contributed by atoms with E-state index in [2.05, 4.69) is 16.5 Å². The fourth-order valence-corrected chi connectivity index (χ4v) is 2.74. The van der Waals surface area contributed by atoms with Gasteiger partial charge in [-0.15, -0.1) is 0 Å². The first-order valence-corrected chi connectivity index (χ1v) is 6.81. The van der Waals surface area contributed by atoms with Gasteiger partial charge in [-0.1, -0.05) is 32.6 Å². The van der Waals surface area contributed by atoms with Crippen molar-refractivity contribution in [1.29, 1.82) is 0 Å². The van der Waals surface area contributed by atoms with E-state index in [9.17, 15) is 4.79 Å². The molecule has 3 nitrogen and oxygen atoms in total. The molecular weight excluding hydrogens is 212 g/mol. The van der Waals surface area contributed by atoms with Gasteiger partial charge in [0.2, 0.25) is 0 Å². The molecule has 0 atom stereocenters. The number of ketones is 1. The number of rotatable bonds is 6. The van der Waals surface area contributed by atoms with Crippen LogP contribution in [0.5, 0.6) is 0 Å². The molecule has 1 aromatic rings. The normalized spacial score (nSPS) is 16.5. The molecular formula is C14H22N2O. The maximum absolute atomic E-state index is 12.0. The maximum Gasteiger partial charge on any atom is 0.140 e. The van der Waals surface area contributed by atoms with E-state index in [-0.39, 0.29) is 0 Å². The highest BCUT2D eigenvalue weighted by Gasteiger charge is 2.19. The van der Waals surface area contributed by atoms with Crippen LogP contribution >= 0.6 is 0 Å². The second kappa shape index (κ2) is 5.99. The molecule has 1 saturated carbocycles. The first-order chi connectivity index (χ1) is 8.29. The zero-order valence-corrected chi connectivity index (χ0v) is 10.7. The van der Waals surface area contributed by atoms with Crippen molar-refractivity contribution in [2.45, 2.75) is 58.4 Å². The van der Waals surface area contributed by atoms with Crippen molar-refractivity contribution in [3.8, 4) is 0 Å². The van der Waals surface area contributed by atoms with Crippen molar-refractivity contribution in [1.82, 2.24) is 9.55 Å². The van der Waals surface area contributed by atoms with Crippen LogP contribution in [0.3, 0.4) is 0 Å². The number of carbonyl (C=O) groups excluding carboxylic acids is 1. The molecule has 0 amide bonds. The van der Waals surface area contributed by atoms with E-state index in [4.69, 9.17) is 0 Å². The van der Waals surface area contributed by atoms with E-state index < -0.39 is 0 Å². The molecule has 0 saturated heterocycles. The predicted molar refractivity (Wildman–Crippen MR) is 67.8 cm³/mol. The van der Waals surface area contributed by atoms with Crippen molar-refractivity contribution in [2.24, 2.45) is 5.92 Å². The van der Waals surface area contributed by atoms with E-state index in [0.29, 0.717) is 18.1 Å². The van der Waals surface area contributed by atoms with Gasteiger partial charge < -0.3 is 4.57 Å². The smallest absolute Gasteiger partial charge is 0.140 e. The van der Waals surface area contributed by atoms with Crippen LogP contribution in [0, 0.1) is 5.92 Å². The lowest BCUT2D eigenvalue weighted by atomic mass is 9.99. The van der Waals surface area contributed by atoms with Gasteiger partial charge in [0.1, 0.15) is 11.6 Å². The van der Waals surface area contributed by atoms with Gasteiger partial charge in [-0.2, -0.15) is 0 Å². The third-order valence-corrected chi connectivity index (χ3v) is 3.61. The quantitative estimate of drug-likeness (QED) is 0.758. The highest BCUT2D eigenvalue weighted by atomic mass is 16.1. The zero-order valence-electron chi connectivity index (χ0n) is 10.7. The number of hydrogen-bond donors (Lipinski definition) is 0. The lowest BCUT2D eigenvalue weighted by molar-refractivity contribution is -0.119. The Bertz CT molecular complexity index is 364. The Morgan fingerprint density at radius 3 is 2.94 bits per heavy atom. The Morgan fingerprint density at radius 2 is 2.24 bits per heavy atom. The zero-order chi connectivity index (χ0) is 12.1. The summed E-state index contributed by atoms with van der Waals surface area (Å²) >= 11 is 0. The van der Waals surface area contributed by atoms with Gasteiger partial charge in [-0.3, -0.25) is 4.79 Å². The third kappa shape index (κ3) is 3.42. The van der Waals surface area contributed by atoms with Gasteiger partial charge in [-0.05, 0) is 12.3 Å². The SMILES string of the molecule is CCCn1ccnc1CC(=O)CC1CCCC1. The van der Waals surface area contributed by atoms with Crippen LogP contribution in [-0.4, -0.2) is 15.3 Å². The minimum absolute atomic E-state index is 0.362. The summed E-state index contributed by atoms with van der Waals surface area (Å²) in [5.74, 6) is 1.95. The highest BCUT2D eigenvalue weighted by Crippen LogP contribution is 2.27. The van der Waals surface area contributed by atoms with E-state index in [0.717, 1.165) is 25.2 Å². The molecule has 1 aliphatic rings. The molecule has 0 unspecified atom stereocenters. The largest absolute Gasteiger partial charge is 0.335 e. The number of carbonyl (C=O) groups is 1. The van der Waals surface area contributed by atoms with Crippen LogP contribution in [0.1, 0.15) is 51.3 Å². The average Bonchev–Trinajstić information content (AvgIpc) is 2.92. The Kier molecular flexibility index (Phi) is 4.35. The number of Topliss-reactive ketones (excluding diaryl/α,β-unsaturated/α-hetero) is 1. The second-order valence-electron chi connectivity index (χ2n) is 5.11. The molecule has 0 N–H and O–H groups in total. The molecule has 1 fully saturated rings. The summed E-state index contributed by atoms with van der Waals surface area (Å²) in [7, 11) is 0. The standard InChI is InChI=1S/C14H22N2O/c1-2-8-16-9-7-15-14(16)11-13(17)10-12-5-3-4-6-12/h7,9,12H,2-6,8,10-11H2,1H3. The Morgan fingerprint density at radius 1 is 1.47 bits per heavy atom. The number of aryl methyl sites for hydroxylation is 1. The minimum Gasteiger partial charge on any atom is -0.335 e. The van der Waals surface area contributed by atoms with Crippen LogP contribution in [-0.2, 0) is 17.8 Å². The van der Waals surface area contributed by atoms with Crippen LogP contribution in [0.25, 0.3) is 0 Å². The monoisotopic (exact) mass is 234 g/mol. The molecule has 1 aromatic heterocycles. The lowest BCUT2D eigenvalue weighted by Crippen LogP contribution is -2.12. The van der Waals surface area contributed by atoms with Crippen LogP contribution in [0.4, 0.5) is 0 Å². The van der Waals surface area contributed by atoms with Gasteiger partial charge >= 0.3 is 0 Å². The lowest BCUT2D eigenvalue weighted by Gasteiger charge is -2.09. The van der Waals surface area contributed by atoms with Gasteiger partial charge in [0, 0.05) is 25.4 Å². The van der Waals surface area contributed by atoms with Gasteiger partial charge in [0.15, 0.2) is 0 Å². The molecule has 0 aliphatic heterocycles. The van der Waals surface area contributed by atoms with Gasteiger partial charge in [0.25, 0.3) is 0 Å². The van der Waals surface area contributed by atoms with Crippen molar-refractivity contribution >= 4 is 5.78 Å². The molecule has 1 aliphatic carbocycles. The Balaban J connectivity index is 1.86. The Labute approximate surface area is 103 Å². The van der Waals surface area contributed by atoms with Crippen molar-refractivity contribution in [2.75, 3.05) is 0 Å². The van der Waals surface area contributed by atoms with Crippen LogP contribution in [0.2, 0.25) is 0 Å². The first-order valence-electron chi connectivity index (χ1n) is 6.81. The molecule has 0 aromatic carbocycles. The number of aromatic nitrogens is 2. The summed E-state index contributed by atoms with van der Waals surface area (Å²) in [6, 6.07) is 0. The van der Waals surface area contributed by atoms with Crippen molar-refractivity contribution in [3.63, 3.8) is 0 Å². The summed E-state index contributed by atoms with van der Waals surface area (Å²) in [6.07, 6.45) is 11.2. The highest BCUT2D eigenvalue weighted by molar-refractivity contribution is 5.80. The maximum atomic E-state index is 12.0. The fourth-order valence-electron chi connectivity index (χ4n) is 2.74. The topological polar surface area (TPSA) is 34.9 Å². The molecule has 3 heteroatoms. The molecule has 0 spiro atoms. The molecule has 0 bridgehead atoms. The second-order valence-corrected chi connectivity index (χ2v) is 5.11. The predicted octanol–water partition coefficient (Wildman–Crippen LogP) is 2.99. The van der Waals surface area contributed by atoms with E-state index >= 15 is 0 Å². The van der Waals surface area contributed by atoms with Crippen LogP contribution in [0.15, 0.2) is 12.4 Å². The summed E-state index contributed by atoms with van der Waals surface area (Å²) in [5.41, 5.74) is 0. The number of hydrogen-bond acceptors (Lipinski definition) is 2. The molecule has 17 heavy (non-hydrogen) atoms. The number of nitrogens with zero attached hydrogens (tertiary/aromatic N) is 2. The fraction of sp³-hybridized carbons (Fsp3) is 0.714.